The number of likely N-dealkylation sites (tertiary alicyclic amines) is 1. The summed E-state index contributed by atoms with van der Waals surface area (Å²) in [7, 11) is 0. The first-order valence-electron chi connectivity index (χ1n) is 6.55. The van der Waals surface area contributed by atoms with Crippen molar-refractivity contribution < 1.29 is 0 Å². The minimum atomic E-state index is 0. The Labute approximate surface area is 118 Å². The summed E-state index contributed by atoms with van der Waals surface area (Å²) in [6, 6.07) is 0.675. The molecular weight excluding hydrogens is 257 g/mol. The number of nitrogens with two attached hydrogens (primary N) is 1. The second kappa shape index (κ2) is 9.40. The van der Waals surface area contributed by atoms with Crippen LogP contribution in [0.2, 0.25) is 0 Å². The number of rotatable bonds is 3. The van der Waals surface area contributed by atoms with E-state index in [9.17, 15) is 0 Å². The molecule has 17 heavy (non-hydrogen) atoms. The molecule has 0 radical (unpaired) electrons. The summed E-state index contributed by atoms with van der Waals surface area (Å²) in [5.74, 6) is 0.915. The quantitative estimate of drug-likeness (QED) is 0.828. The summed E-state index contributed by atoms with van der Waals surface area (Å²) in [5, 5.41) is 3.43. The molecule has 104 valence electrons. The van der Waals surface area contributed by atoms with Gasteiger partial charge >= 0.3 is 0 Å². The molecule has 0 aliphatic carbocycles. The Balaban J connectivity index is 0.00000128. The number of hydrogen-bond donors (Lipinski definition) is 2. The van der Waals surface area contributed by atoms with E-state index in [2.05, 4.69) is 10.2 Å². The van der Waals surface area contributed by atoms with Crippen molar-refractivity contribution in [1.29, 1.82) is 0 Å². The molecule has 0 amide bonds. The van der Waals surface area contributed by atoms with Crippen molar-refractivity contribution in [2.45, 2.75) is 38.1 Å². The lowest BCUT2D eigenvalue weighted by molar-refractivity contribution is 0.119. The van der Waals surface area contributed by atoms with Crippen molar-refractivity contribution in [3.8, 4) is 0 Å². The molecule has 2 fully saturated rings. The molecule has 1 atom stereocenters. The van der Waals surface area contributed by atoms with E-state index in [0.717, 1.165) is 12.5 Å². The Kier molecular flexibility index (Phi) is 9.65. The van der Waals surface area contributed by atoms with Gasteiger partial charge in [-0.1, -0.05) is 6.42 Å². The van der Waals surface area contributed by atoms with Crippen LogP contribution in [-0.2, 0) is 0 Å². The van der Waals surface area contributed by atoms with E-state index in [1.807, 2.05) is 0 Å². The fourth-order valence-electron chi connectivity index (χ4n) is 2.96. The summed E-state index contributed by atoms with van der Waals surface area (Å²) < 4.78 is 0. The number of hydrogen-bond acceptors (Lipinski definition) is 3. The van der Waals surface area contributed by atoms with Crippen LogP contribution in [0.5, 0.6) is 0 Å². The Morgan fingerprint density at radius 2 is 1.76 bits per heavy atom. The van der Waals surface area contributed by atoms with Gasteiger partial charge in [0.1, 0.15) is 0 Å². The SMILES string of the molecule is Cl.Cl.NCC1CCCCN1CC1CCNCC1. The van der Waals surface area contributed by atoms with Crippen LogP contribution in [-0.4, -0.2) is 43.7 Å². The Bertz CT molecular complexity index is 187. The van der Waals surface area contributed by atoms with Gasteiger partial charge in [-0.3, -0.25) is 4.90 Å². The van der Waals surface area contributed by atoms with Gasteiger partial charge in [-0.15, -0.1) is 24.8 Å². The molecule has 2 aliphatic heterocycles. The first kappa shape index (κ1) is 17.5. The van der Waals surface area contributed by atoms with Crippen molar-refractivity contribution in [3.05, 3.63) is 0 Å². The Morgan fingerprint density at radius 3 is 2.41 bits per heavy atom. The van der Waals surface area contributed by atoms with Gasteiger partial charge in [0.05, 0.1) is 0 Å². The molecule has 0 saturated carbocycles. The summed E-state index contributed by atoms with van der Waals surface area (Å²) in [5.41, 5.74) is 5.84. The first-order chi connectivity index (χ1) is 7.40. The molecule has 5 heteroatoms. The lowest BCUT2D eigenvalue weighted by Gasteiger charge is -2.38. The second-order valence-electron chi connectivity index (χ2n) is 5.07. The maximum Gasteiger partial charge on any atom is 0.0218 e. The minimum Gasteiger partial charge on any atom is -0.329 e. The van der Waals surface area contributed by atoms with Crippen LogP contribution in [0.4, 0.5) is 0 Å². The van der Waals surface area contributed by atoms with Gasteiger partial charge in [0, 0.05) is 19.1 Å². The van der Waals surface area contributed by atoms with Gasteiger partial charge < -0.3 is 11.1 Å². The zero-order valence-corrected chi connectivity index (χ0v) is 12.2. The number of piperidine rings is 2. The zero-order valence-electron chi connectivity index (χ0n) is 10.6. The van der Waals surface area contributed by atoms with Gasteiger partial charge in [-0.25, -0.2) is 0 Å². The van der Waals surface area contributed by atoms with E-state index >= 15 is 0 Å². The van der Waals surface area contributed by atoms with Gasteiger partial charge in [-0.05, 0) is 51.2 Å². The second-order valence-corrected chi connectivity index (χ2v) is 5.07. The fraction of sp³-hybridized carbons (Fsp3) is 1.00. The number of nitrogens with one attached hydrogen (secondary N) is 1. The molecular formula is C12H27Cl2N3. The van der Waals surface area contributed by atoms with E-state index in [4.69, 9.17) is 5.73 Å². The number of halogens is 2. The normalized spacial score (nSPS) is 27.0. The van der Waals surface area contributed by atoms with Gasteiger partial charge in [0.15, 0.2) is 0 Å². The average Bonchev–Trinajstić information content (AvgIpc) is 2.31. The zero-order chi connectivity index (χ0) is 10.5. The summed E-state index contributed by atoms with van der Waals surface area (Å²) >= 11 is 0. The molecule has 2 saturated heterocycles. The predicted octanol–water partition coefficient (Wildman–Crippen LogP) is 1.64. The third-order valence-corrected chi connectivity index (χ3v) is 3.97. The third-order valence-electron chi connectivity index (χ3n) is 3.97. The highest BCUT2D eigenvalue weighted by atomic mass is 35.5. The van der Waals surface area contributed by atoms with Crippen LogP contribution >= 0.6 is 24.8 Å². The topological polar surface area (TPSA) is 41.3 Å². The Hall–Kier alpha value is 0.460. The molecule has 0 bridgehead atoms. The van der Waals surface area contributed by atoms with Crippen molar-refractivity contribution >= 4 is 24.8 Å². The molecule has 3 N–H and O–H groups in total. The summed E-state index contributed by atoms with van der Waals surface area (Å²) in [4.78, 5) is 2.65. The third kappa shape index (κ3) is 5.31. The van der Waals surface area contributed by atoms with Crippen LogP contribution in [0.25, 0.3) is 0 Å². The lowest BCUT2D eigenvalue weighted by Crippen LogP contribution is -2.47. The molecule has 0 spiro atoms. The molecule has 2 heterocycles. The molecule has 0 aromatic heterocycles. The number of nitrogens with zero attached hydrogens (tertiary/aromatic N) is 1. The standard InChI is InChI=1S/C12H25N3.2ClH/c13-9-12-3-1-2-8-15(12)10-11-4-6-14-7-5-11;;/h11-12,14H,1-10,13H2;2*1H. The van der Waals surface area contributed by atoms with Crippen molar-refractivity contribution in [2.75, 3.05) is 32.7 Å². The molecule has 0 aromatic carbocycles. The summed E-state index contributed by atoms with van der Waals surface area (Å²) in [6.07, 6.45) is 6.79. The highest BCUT2D eigenvalue weighted by Gasteiger charge is 2.24. The summed E-state index contributed by atoms with van der Waals surface area (Å²) in [6.45, 7) is 5.86. The fourth-order valence-corrected chi connectivity index (χ4v) is 2.96. The average molecular weight is 284 g/mol. The largest absolute Gasteiger partial charge is 0.329 e. The van der Waals surface area contributed by atoms with Crippen molar-refractivity contribution in [3.63, 3.8) is 0 Å². The molecule has 2 aliphatic rings. The minimum absolute atomic E-state index is 0. The van der Waals surface area contributed by atoms with Crippen LogP contribution in [0.1, 0.15) is 32.1 Å². The first-order valence-corrected chi connectivity index (χ1v) is 6.55. The smallest absolute Gasteiger partial charge is 0.0218 e. The highest BCUT2D eigenvalue weighted by Crippen LogP contribution is 2.20. The highest BCUT2D eigenvalue weighted by molar-refractivity contribution is 5.85. The van der Waals surface area contributed by atoms with E-state index < -0.39 is 0 Å². The molecule has 1 unspecified atom stereocenters. The lowest BCUT2D eigenvalue weighted by atomic mass is 9.94. The van der Waals surface area contributed by atoms with Crippen LogP contribution in [0.15, 0.2) is 0 Å². The maximum atomic E-state index is 5.84. The Morgan fingerprint density at radius 1 is 1.06 bits per heavy atom. The van der Waals surface area contributed by atoms with Crippen molar-refractivity contribution in [2.24, 2.45) is 11.7 Å². The molecule has 3 nitrogen and oxygen atoms in total. The van der Waals surface area contributed by atoms with Gasteiger partial charge in [-0.2, -0.15) is 0 Å². The van der Waals surface area contributed by atoms with E-state index in [0.29, 0.717) is 6.04 Å². The van der Waals surface area contributed by atoms with Crippen LogP contribution in [0, 0.1) is 5.92 Å². The van der Waals surface area contributed by atoms with Gasteiger partial charge in [0.2, 0.25) is 0 Å². The monoisotopic (exact) mass is 283 g/mol. The molecule has 0 aromatic rings. The van der Waals surface area contributed by atoms with Crippen LogP contribution < -0.4 is 11.1 Å². The van der Waals surface area contributed by atoms with E-state index in [1.54, 1.807) is 0 Å². The van der Waals surface area contributed by atoms with Gasteiger partial charge in [0.25, 0.3) is 0 Å². The maximum absolute atomic E-state index is 5.84. The predicted molar refractivity (Wildman–Crippen MR) is 78.4 cm³/mol. The van der Waals surface area contributed by atoms with E-state index in [1.165, 1.54) is 58.3 Å². The van der Waals surface area contributed by atoms with E-state index in [-0.39, 0.29) is 24.8 Å². The van der Waals surface area contributed by atoms with Crippen molar-refractivity contribution in [1.82, 2.24) is 10.2 Å². The van der Waals surface area contributed by atoms with Crippen LogP contribution in [0.3, 0.4) is 0 Å². The molecule has 2 rings (SSSR count).